The van der Waals surface area contributed by atoms with Gasteiger partial charge in [0.05, 0.1) is 36.2 Å². The zero-order valence-corrected chi connectivity index (χ0v) is 25.6. The Labute approximate surface area is 252 Å². The molecule has 11 nitrogen and oxygen atoms in total. The fourth-order valence-electron chi connectivity index (χ4n) is 5.90. The van der Waals surface area contributed by atoms with Gasteiger partial charge in [-0.25, -0.2) is 14.3 Å². The zero-order valence-electron chi connectivity index (χ0n) is 24.8. The SMILES string of the molecule is COc1ccccc1[C@H](Cn1c(=O)n(C(C)(C)C(=O)N2CCC2)c(=O)c2c(C)c(-c3ncco3)sc21)OC1CCOCC1. The van der Waals surface area contributed by atoms with Crippen LogP contribution in [0.4, 0.5) is 0 Å². The molecule has 43 heavy (non-hydrogen) atoms. The summed E-state index contributed by atoms with van der Waals surface area (Å²) in [5, 5.41) is 0.354. The Balaban J connectivity index is 1.57. The third-order valence-corrected chi connectivity index (χ3v) is 9.73. The first-order chi connectivity index (χ1) is 20.7. The van der Waals surface area contributed by atoms with Crippen molar-refractivity contribution in [3.8, 4) is 16.5 Å². The number of likely N-dealkylation sites (tertiary alicyclic amines) is 1. The molecule has 0 unspecified atom stereocenters. The molecule has 1 aromatic carbocycles. The Bertz CT molecular complexity index is 1740. The number of aryl methyl sites for hydroxylation is 1. The summed E-state index contributed by atoms with van der Waals surface area (Å²) in [6.45, 7) is 7.58. The van der Waals surface area contributed by atoms with Crippen LogP contribution < -0.4 is 16.0 Å². The largest absolute Gasteiger partial charge is 0.496 e. The van der Waals surface area contributed by atoms with Gasteiger partial charge in [0.15, 0.2) is 0 Å². The molecule has 228 valence electrons. The summed E-state index contributed by atoms with van der Waals surface area (Å²) in [6, 6.07) is 7.58. The van der Waals surface area contributed by atoms with E-state index < -0.39 is 22.9 Å². The summed E-state index contributed by atoms with van der Waals surface area (Å²) < 4.78 is 26.2. The smallest absolute Gasteiger partial charge is 0.333 e. The summed E-state index contributed by atoms with van der Waals surface area (Å²) in [7, 11) is 1.60. The monoisotopic (exact) mass is 608 g/mol. The van der Waals surface area contributed by atoms with Gasteiger partial charge in [-0.05, 0) is 51.7 Å². The van der Waals surface area contributed by atoms with E-state index in [0.29, 0.717) is 58.6 Å². The normalized spacial score (nSPS) is 16.8. The molecule has 0 spiro atoms. The van der Waals surface area contributed by atoms with E-state index in [1.807, 2.05) is 31.2 Å². The molecule has 4 aromatic rings. The van der Waals surface area contributed by atoms with Gasteiger partial charge in [0.1, 0.15) is 28.5 Å². The van der Waals surface area contributed by atoms with E-state index in [1.165, 1.54) is 17.6 Å². The molecule has 0 saturated carbocycles. The lowest BCUT2D eigenvalue weighted by atomic mass is 10.00. The molecule has 1 amide bonds. The molecule has 12 heteroatoms. The van der Waals surface area contributed by atoms with Gasteiger partial charge in [0.25, 0.3) is 5.56 Å². The van der Waals surface area contributed by atoms with Crippen molar-refractivity contribution in [3.05, 3.63) is 68.7 Å². The van der Waals surface area contributed by atoms with Crippen molar-refractivity contribution in [1.82, 2.24) is 19.0 Å². The highest BCUT2D eigenvalue weighted by molar-refractivity contribution is 7.22. The second-order valence-corrected chi connectivity index (χ2v) is 12.5. The molecule has 2 aliphatic heterocycles. The number of hydrogen-bond donors (Lipinski definition) is 0. The lowest BCUT2D eigenvalue weighted by Crippen LogP contribution is -2.59. The predicted molar refractivity (Wildman–Crippen MR) is 162 cm³/mol. The molecule has 0 bridgehead atoms. The number of carbonyl (C=O) groups excluding carboxylic acids is 1. The first-order valence-corrected chi connectivity index (χ1v) is 15.4. The van der Waals surface area contributed by atoms with Crippen molar-refractivity contribution in [2.45, 2.75) is 64.3 Å². The van der Waals surface area contributed by atoms with Crippen molar-refractivity contribution in [3.63, 3.8) is 0 Å². The number of amides is 1. The molecule has 2 aliphatic rings. The number of thiophene rings is 1. The Morgan fingerprint density at radius 3 is 2.58 bits per heavy atom. The van der Waals surface area contributed by atoms with Crippen LogP contribution in [-0.2, 0) is 26.4 Å². The van der Waals surface area contributed by atoms with Crippen LogP contribution >= 0.6 is 11.3 Å². The van der Waals surface area contributed by atoms with E-state index in [2.05, 4.69) is 4.98 Å². The maximum Gasteiger partial charge on any atom is 0.333 e. The average molecular weight is 609 g/mol. The van der Waals surface area contributed by atoms with Gasteiger partial charge in [-0.3, -0.25) is 14.2 Å². The Kier molecular flexibility index (Phi) is 8.01. The van der Waals surface area contributed by atoms with Crippen LogP contribution in [-0.4, -0.2) is 64.4 Å². The topological polar surface area (TPSA) is 118 Å². The van der Waals surface area contributed by atoms with Crippen molar-refractivity contribution < 1.29 is 23.4 Å². The van der Waals surface area contributed by atoms with Gasteiger partial charge in [0.2, 0.25) is 11.8 Å². The maximum atomic E-state index is 14.5. The van der Waals surface area contributed by atoms with Gasteiger partial charge in [0, 0.05) is 31.9 Å². The van der Waals surface area contributed by atoms with E-state index >= 15 is 0 Å². The number of carbonyl (C=O) groups is 1. The van der Waals surface area contributed by atoms with Crippen LogP contribution in [0.25, 0.3) is 21.0 Å². The molecule has 3 aromatic heterocycles. The molecular weight excluding hydrogens is 572 g/mol. The standard InChI is InChI=1S/C31H36N4O7S/c1-19-24-27(36)35(31(2,3)29(37)33-13-7-14-33)30(38)34(28(24)43-25(19)26-32-12-17-41-26)18-23(42-20-10-15-40-16-11-20)21-8-5-6-9-22(21)39-4/h5-6,8-9,12,17,20,23H,7,10-11,13-16,18H2,1-4H3/t23-/m0/s1. The highest BCUT2D eigenvalue weighted by atomic mass is 32.1. The highest BCUT2D eigenvalue weighted by Crippen LogP contribution is 2.38. The van der Waals surface area contributed by atoms with Crippen LogP contribution in [0, 0.1) is 6.92 Å². The summed E-state index contributed by atoms with van der Waals surface area (Å²) >= 11 is 1.27. The summed E-state index contributed by atoms with van der Waals surface area (Å²) in [5.41, 5.74) is -1.08. The van der Waals surface area contributed by atoms with Crippen molar-refractivity contribution in [2.24, 2.45) is 0 Å². The highest BCUT2D eigenvalue weighted by Gasteiger charge is 2.40. The van der Waals surface area contributed by atoms with E-state index in [1.54, 1.807) is 36.6 Å². The number of nitrogens with zero attached hydrogens (tertiary/aromatic N) is 4. The minimum atomic E-state index is -1.41. The second kappa shape index (κ2) is 11.7. The predicted octanol–water partition coefficient (Wildman–Crippen LogP) is 4.10. The molecule has 5 heterocycles. The number of aromatic nitrogens is 3. The number of para-hydroxylation sites is 1. The molecule has 6 rings (SSSR count). The molecular formula is C31H36N4O7S. The van der Waals surface area contributed by atoms with E-state index in [9.17, 15) is 14.4 Å². The lowest BCUT2D eigenvalue weighted by Gasteiger charge is -2.38. The number of rotatable bonds is 9. The Hall–Kier alpha value is -3.74. The van der Waals surface area contributed by atoms with Gasteiger partial charge >= 0.3 is 5.69 Å². The fourth-order valence-corrected chi connectivity index (χ4v) is 7.14. The zero-order chi connectivity index (χ0) is 30.3. The number of oxazole rings is 1. The average Bonchev–Trinajstić information content (AvgIpc) is 3.62. The van der Waals surface area contributed by atoms with Crippen LogP contribution in [0.15, 0.2) is 50.7 Å². The first kappa shape index (κ1) is 29.3. The molecule has 0 aliphatic carbocycles. The third-order valence-electron chi connectivity index (χ3n) is 8.42. The van der Waals surface area contributed by atoms with E-state index in [4.69, 9.17) is 18.6 Å². The van der Waals surface area contributed by atoms with Crippen LogP contribution in [0.3, 0.4) is 0 Å². The summed E-state index contributed by atoms with van der Waals surface area (Å²) in [4.78, 5) is 49.5. The van der Waals surface area contributed by atoms with E-state index in [0.717, 1.165) is 29.4 Å². The summed E-state index contributed by atoms with van der Waals surface area (Å²) in [6.07, 6.45) is 4.68. The Morgan fingerprint density at radius 2 is 1.93 bits per heavy atom. The number of hydrogen-bond acceptors (Lipinski definition) is 9. The molecule has 2 saturated heterocycles. The van der Waals surface area contributed by atoms with Crippen LogP contribution in [0.5, 0.6) is 5.75 Å². The number of benzene rings is 1. The van der Waals surface area contributed by atoms with Crippen molar-refractivity contribution in [2.75, 3.05) is 33.4 Å². The minimum Gasteiger partial charge on any atom is -0.496 e. The number of ether oxygens (including phenoxy) is 3. The van der Waals surface area contributed by atoms with Gasteiger partial charge in [-0.15, -0.1) is 11.3 Å². The van der Waals surface area contributed by atoms with Crippen LogP contribution in [0.1, 0.15) is 50.3 Å². The van der Waals surface area contributed by atoms with Crippen molar-refractivity contribution >= 4 is 27.5 Å². The summed E-state index contributed by atoms with van der Waals surface area (Å²) in [5.74, 6) is 0.733. The minimum absolute atomic E-state index is 0.0850. The van der Waals surface area contributed by atoms with Gasteiger partial charge in [-0.2, -0.15) is 0 Å². The molecule has 0 radical (unpaired) electrons. The molecule has 1 atom stereocenters. The van der Waals surface area contributed by atoms with Crippen molar-refractivity contribution in [1.29, 1.82) is 0 Å². The number of methoxy groups -OCH3 is 1. The van der Waals surface area contributed by atoms with Gasteiger partial charge in [-0.1, -0.05) is 18.2 Å². The quantitative estimate of drug-likeness (QED) is 0.279. The fraction of sp³-hybridized carbons (Fsp3) is 0.484. The second-order valence-electron chi connectivity index (χ2n) is 11.5. The van der Waals surface area contributed by atoms with Gasteiger partial charge < -0.3 is 23.5 Å². The molecule has 0 N–H and O–H groups in total. The molecule has 2 fully saturated rings. The lowest BCUT2D eigenvalue weighted by molar-refractivity contribution is -0.143. The maximum absolute atomic E-state index is 14.5. The Morgan fingerprint density at radius 1 is 1.19 bits per heavy atom. The number of fused-ring (bicyclic) bond motifs is 1. The van der Waals surface area contributed by atoms with E-state index in [-0.39, 0.29) is 18.6 Å². The third kappa shape index (κ3) is 5.21. The van der Waals surface area contributed by atoms with Crippen LogP contribution in [0.2, 0.25) is 0 Å². The first-order valence-electron chi connectivity index (χ1n) is 14.6.